The molecule has 1 aromatic heterocycles. The smallest absolute Gasteiger partial charge is 0.133 e. The van der Waals surface area contributed by atoms with Crippen LogP contribution in [0.3, 0.4) is 0 Å². The summed E-state index contributed by atoms with van der Waals surface area (Å²) in [6.07, 6.45) is 6.94. The first-order valence-electron chi connectivity index (χ1n) is 8.34. The molecule has 1 aliphatic heterocycles. The lowest BCUT2D eigenvalue weighted by molar-refractivity contribution is 0.124. The van der Waals surface area contributed by atoms with Crippen LogP contribution in [0.15, 0.2) is 16.1 Å². The van der Waals surface area contributed by atoms with E-state index in [1.54, 1.807) is 0 Å². The maximum absolute atomic E-state index is 10.4. The van der Waals surface area contributed by atoms with Gasteiger partial charge < -0.3 is 14.4 Å². The van der Waals surface area contributed by atoms with Gasteiger partial charge in [0, 0.05) is 18.5 Å². The van der Waals surface area contributed by atoms with Crippen molar-refractivity contribution in [2.45, 2.75) is 59.0 Å². The summed E-state index contributed by atoms with van der Waals surface area (Å²) in [4.78, 5) is 2.43. The molecule has 0 bridgehead atoms. The minimum absolute atomic E-state index is 0.486. The van der Waals surface area contributed by atoms with Gasteiger partial charge in [-0.3, -0.25) is 0 Å². The molecule has 2 rings (SSSR count). The van der Waals surface area contributed by atoms with E-state index in [9.17, 15) is 5.11 Å². The third-order valence-corrected chi connectivity index (χ3v) is 4.39. The number of nitrogens with zero attached hydrogens (tertiary/aromatic N) is 1. The SMILES string of the molecule is CC/C(C)=C\c1cc(C(O)CCN2CCCC2)oc1CC. The average Bonchev–Trinajstić information content (AvgIpc) is 3.13. The fraction of sp³-hybridized carbons (Fsp3) is 0.667. The van der Waals surface area contributed by atoms with E-state index in [-0.39, 0.29) is 0 Å². The van der Waals surface area contributed by atoms with Gasteiger partial charge in [-0.15, -0.1) is 0 Å². The number of aryl methyl sites for hydroxylation is 1. The van der Waals surface area contributed by atoms with Crippen molar-refractivity contribution < 1.29 is 9.52 Å². The van der Waals surface area contributed by atoms with Gasteiger partial charge in [0.1, 0.15) is 17.6 Å². The van der Waals surface area contributed by atoms with Crippen LogP contribution >= 0.6 is 0 Å². The summed E-state index contributed by atoms with van der Waals surface area (Å²) in [5.74, 6) is 1.71. The zero-order valence-corrected chi connectivity index (χ0v) is 13.7. The monoisotopic (exact) mass is 291 g/mol. The second-order valence-corrected chi connectivity index (χ2v) is 6.08. The van der Waals surface area contributed by atoms with E-state index in [2.05, 4.69) is 31.7 Å². The van der Waals surface area contributed by atoms with E-state index < -0.39 is 6.10 Å². The van der Waals surface area contributed by atoms with Crippen LogP contribution in [0.4, 0.5) is 0 Å². The third kappa shape index (κ3) is 4.45. The maximum atomic E-state index is 10.4. The number of aliphatic hydroxyl groups excluding tert-OH is 1. The highest BCUT2D eigenvalue weighted by Gasteiger charge is 2.18. The lowest BCUT2D eigenvalue weighted by Crippen LogP contribution is -2.21. The Morgan fingerprint density at radius 3 is 2.71 bits per heavy atom. The predicted molar refractivity (Wildman–Crippen MR) is 87.3 cm³/mol. The van der Waals surface area contributed by atoms with Gasteiger partial charge in [0.25, 0.3) is 0 Å². The highest BCUT2D eigenvalue weighted by atomic mass is 16.4. The molecule has 0 amide bonds. The van der Waals surface area contributed by atoms with Crippen molar-refractivity contribution in [3.05, 3.63) is 28.7 Å². The van der Waals surface area contributed by atoms with Crippen molar-refractivity contribution >= 4 is 6.08 Å². The summed E-state index contributed by atoms with van der Waals surface area (Å²) < 4.78 is 5.87. The number of hydrogen-bond donors (Lipinski definition) is 1. The fourth-order valence-corrected chi connectivity index (χ4v) is 2.85. The molecule has 3 nitrogen and oxygen atoms in total. The molecule has 0 saturated carbocycles. The normalized spacial score (nSPS) is 18.4. The maximum Gasteiger partial charge on any atom is 0.133 e. The molecular formula is C18H29NO2. The van der Waals surface area contributed by atoms with Gasteiger partial charge in [0.15, 0.2) is 0 Å². The Kier molecular flexibility index (Phi) is 6.07. The van der Waals surface area contributed by atoms with Crippen LogP contribution < -0.4 is 0 Å². The molecule has 21 heavy (non-hydrogen) atoms. The Morgan fingerprint density at radius 1 is 1.38 bits per heavy atom. The number of rotatable bonds is 7. The van der Waals surface area contributed by atoms with E-state index in [0.717, 1.165) is 42.9 Å². The molecule has 1 atom stereocenters. The molecule has 1 aromatic rings. The van der Waals surface area contributed by atoms with Crippen molar-refractivity contribution in [1.29, 1.82) is 0 Å². The fourth-order valence-electron chi connectivity index (χ4n) is 2.85. The van der Waals surface area contributed by atoms with Gasteiger partial charge in [-0.05, 0) is 51.8 Å². The summed E-state index contributed by atoms with van der Waals surface area (Å²) in [7, 11) is 0. The Labute approximate surface area is 128 Å². The van der Waals surface area contributed by atoms with Gasteiger partial charge >= 0.3 is 0 Å². The van der Waals surface area contributed by atoms with Crippen LogP contribution in [0.2, 0.25) is 0 Å². The Bertz CT molecular complexity index is 470. The molecule has 0 aliphatic carbocycles. The Balaban J connectivity index is 2.01. The molecule has 1 N–H and O–H groups in total. The number of aliphatic hydroxyl groups is 1. The average molecular weight is 291 g/mol. The first-order valence-corrected chi connectivity index (χ1v) is 8.34. The summed E-state index contributed by atoms with van der Waals surface area (Å²) in [5, 5.41) is 10.4. The lowest BCUT2D eigenvalue weighted by atomic mass is 10.1. The van der Waals surface area contributed by atoms with E-state index in [4.69, 9.17) is 4.42 Å². The summed E-state index contributed by atoms with van der Waals surface area (Å²) in [6.45, 7) is 9.70. The van der Waals surface area contributed by atoms with Gasteiger partial charge in [-0.2, -0.15) is 0 Å². The summed E-state index contributed by atoms with van der Waals surface area (Å²) in [6, 6.07) is 2.02. The molecule has 3 heteroatoms. The number of allylic oxidation sites excluding steroid dienone is 1. The molecule has 0 spiro atoms. The molecular weight excluding hydrogens is 262 g/mol. The number of hydrogen-bond acceptors (Lipinski definition) is 3. The van der Waals surface area contributed by atoms with Gasteiger partial charge in [0.05, 0.1) is 0 Å². The second kappa shape index (κ2) is 7.81. The van der Waals surface area contributed by atoms with E-state index in [0.29, 0.717) is 0 Å². The Morgan fingerprint density at radius 2 is 2.10 bits per heavy atom. The number of likely N-dealkylation sites (tertiary alicyclic amines) is 1. The van der Waals surface area contributed by atoms with Crippen molar-refractivity contribution in [3.63, 3.8) is 0 Å². The van der Waals surface area contributed by atoms with Crippen LogP contribution in [-0.4, -0.2) is 29.6 Å². The van der Waals surface area contributed by atoms with Gasteiger partial charge in [0.2, 0.25) is 0 Å². The molecule has 1 unspecified atom stereocenters. The molecule has 1 aliphatic rings. The van der Waals surface area contributed by atoms with Crippen LogP contribution in [0.25, 0.3) is 6.08 Å². The van der Waals surface area contributed by atoms with E-state index >= 15 is 0 Å². The van der Waals surface area contributed by atoms with Crippen molar-refractivity contribution in [3.8, 4) is 0 Å². The first kappa shape index (κ1) is 16.3. The largest absolute Gasteiger partial charge is 0.463 e. The highest BCUT2D eigenvalue weighted by Crippen LogP contribution is 2.26. The highest BCUT2D eigenvalue weighted by molar-refractivity contribution is 5.55. The Hall–Kier alpha value is -1.06. The zero-order valence-electron chi connectivity index (χ0n) is 13.7. The van der Waals surface area contributed by atoms with Crippen LogP contribution in [-0.2, 0) is 6.42 Å². The lowest BCUT2D eigenvalue weighted by Gasteiger charge is -2.16. The quantitative estimate of drug-likeness (QED) is 0.819. The topological polar surface area (TPSA) is 36.6 Å². The molecule has 1 saturated heterocycles. The predicted octanol–water partition coefficient (Wildman–Crippen LogP) is 4.17. The van der Waals surface area contributed by atoms with Crippen LogP contribution in [0.1, 0.15) is 69.6 Å². The summed E-state index contributed by atoms with van der Waals surface area (Å²) in [5.41, 5.74) is 2.47. The van der Waals surface area contributed by atoms with Gasteiger partial charge in [-0.1, -0.05) is 25.5 Å². The molecule has 2 heterocycles. The van der Waals surface area contributed by atoms with E-state index in [1.165, 1.54) is 31.5 Å². The van der Waals surface area contributed by atoms with Crippen LogP contribution in [0.5, 0.6) is 0 Å². The van der Waals surface area contributed by atoms with E-state index in [1.807, 2.05) is 6.07 Å². The molecule has 0 aromatic carbocycles. The molecule has 118 valence electrons. The summed E-state index contributed by atoms with van der Waals surface area (Å²) >= 11 is 0. The van der Waals surface area contributed by atoms with Crippen molar-refractivity contribution in [1.82, 2.24) is 4.90 Å². The minimum atomic E-state index is -0.486. The second-order valence-electron chi connectivity index (χ2n) is 6.08. The van der Waals surface area contributed by atoms with Crippen molar-refractivity contribution in [2.24, 2.45) is 0 Å². The standard InChI is InChI=1S/C18H29NO2/c1-4-14(3)12-15-13-18(21-17(15)5-2)16(20)8-11-19-9-6-7-10-19/h12-13,16,20H,4-11H2,1-3H3/b14-12-. The molecule has 1 fully saturated rings. The van der Waals surface area contributed by atoms with Gasteiger partial charge in [-0.25, -0.2) is 0 Å². The third-order valence-electron chi connectivity index (χ3n) is 4.39. The number of furan rings is 1. The first-order chi connectivity index (χ1) is 10.1. The van der Waals surface area contributed by atoms with Crippen LogP contribution in [0, 0.1) is 0 Å². The minimum Gasteiger partial charge on any atom is -0.463 e. The zero-order chi connectivity index (χ0) is 15.2. The molecule has 0 radical (unpaired) electrons. The van der Waals surface area contributed by atoms with Crippen molar-refractivity contribution in [2.75, 3.05) is 19.6 Å².